The van der Waals surface area contributed by atoms with Crippen molar-refractivity contribution in [3.05, 3.63) is 52.2 Å². The molecule has 0 unspecified atom stereocenters. The molecular weight excluding hydrogens is 294 g/mol. The summed E-state index contributed by atoms with van der Waals surface area (Å²) in [6.07, 6.45) is 1.56. The smallest absolute Gasteiger partial charge is 0.353 e. The number of hydrogen-bond acceptors (Lipinski definition) is 5. The molecule has 1 aromatic heterocycles. The van der Waals surface area contributed by atoms with Crippen molar-refractivity contribution in [3.63, 3.8) is 0 Å². The number of hydrogen-bond donors (Lipinski definition) is 2. The third-order valence-electron chi connectivity index (χ3n) is 2.20. The molecule has 1 heterocycles. The predicted molar refractivity (Wildman–Crippen MR) is 83.2 cm³/mol. The second-order valence-corrected chi connectivity index (χ2v) is 5.06. The first-order valence-corrected chi connectivity index (χ1v) is 6.88. The lowest BCUT2D eigenvalue weighted by atomic mass is 10.2. The van der Waals surface area contributed by atoms with Crippen LogP contribution in [-0.2, 0) is 0 Å². The summed E-state index contributed by atoms with van der Waals surface area (Å²) in [6, 6.07) is 10.4. The number of thiocarbonyl (C=S) groups is 1. The third kappa shape index (κ3) is 4.15. The summed E-state index contributed by atoms with van der Waals surface area (Å²) in [5, 5.41) is 5.75. The lowest BCUT2D eigenvalue weighted by Crippen LogP contribution is -2.23. The summed E-state index contributed by atoms with van der Waals surface area (Å²) in [6.45, 7) is 0. The molecule has 0 radical (unpaired) electrons. The van der Waals surface area contributed by atoms with Crippen LogP contribution in [-0.4, -0.2) is 17.3 Å². The molecule has 2 aromatic rings. The van der Waals surface area contributed by atoms with Gasteiger partial charge in [0.05, 0.1) is 6.21 Å². The van der Waals surface area contributed by atoms with Crippen molar-refractivity contribution in [2.45, 2.75) is 0 Å². The van der Waals surface area contributed by atoms with Crippen molar-refractivity contribution in [2.75, 3.05) is 0 Å². The minimum absolute atomic E-state index is 0.0998. The Balaban J connectivity index is 1.96. The Morgan fingerprint density at radius 1 is 1.35 bits per heavy atom. The maximum absolute atomic E-state index is 11.7. The molecule has 0 bridgehead atoms. The summed E-state index contributed by atoms with van der Waals surface area (Å²) in [4.78, 5) is 12.3. The second-order valence-electron chi connectivity index (χ2n) is 3.67. The van der Waals surface area contributed by atoms with E-state index in [-0.39, 0.29) is 11.1 Å². The van der Waals surface area contributed by atoms with Crippen molar-refractivity contribution >= 4 is 40.9 Å². The van der Waals surface area contributed by atoms with E-state index in [1.165, 1.54) is 11.3 Å². The Labute approximate surface area is 125 Å². The molecule has 2 rings (SSSR count). The van der Waals surface area contributed by atoms with Gasteiger partial charge in [-0.05, 0) is 53.5 Å². The number of hydrazone groups is 1. The molecule has 0 spiro atoms. The van der Waals surface area contributed by atoms with Gasteiger partial charge in [-0.25, -0.2) is 4.79 Å². The molecular formula is C13H11N3O2S2. The summed E-state index contributed by atoms with van der Waals surface area (Å²) >= 11 is 5.95. The summed E-state index contributed by atoms with van der Waals surface area (Å²) in [5.41, 5.74) is 8.51. The van der Waals surface area contributed by atoms with Crippen LogP contribution in [0, 0.1) is 0 Å². The van der Waals surface area contributed by atoms with Crippen LogP contribution in [0.1, 0.15) is 15.2 Å². The van der Waals surface area contributed by atoms with Crippen LogP contribution in [0.15, 0.2) is 46.9 Å². The molecule has 7 heteroatoms. The summed E-state index contributed by atoms with van der Waals surface area (Å²) in [5.74, 6) is 0.111. The van der Waals surface area contributed by atoms with E-state index < -0.39 is 0 Å². The first-order valence-electron chi connectivity index (χ1n) is 5.59. The SMILES string of the molecule is NC(=S)N/N=C/c1ccc(OC(=O)c2cccs2)cc1. The van der Waals surface area contributed by atoms with Crippen molar-refractivity contribution in [1.82, 2.24) is 5.43 Å². The molecule has 0 amide bonds. The van der Waals surface area contributed by atoms with Crippen LogP contribution in [0.3, 0.4) is 0 Å². The van der Waals surface area contributed by atoms with Crippen LogP contribution in [0.5, 0.6) is 5.75 Å². The van der Waals surface area contributed by atoms with Gasteiger partial charge in [0.15, 0.2) is 5.11 Å². The maximum Gasteiger partial charge on any atom is 0.353 e. The molecule has 0 fully saturated rings. The zero-order valence-electron chi connectivity index (χ0n) is 10.3. The maximum atomic E-state index is 11.7. The Morgan fingerprint density at radius 3 is 2.70 bits per heavy atom. The van der Waals surface area contributed by atoms with Crippen LogP contribution >= 0.6 is 23.6 Å². The van der Waals surface area contributed by atoms with Gasteiger partial charge in [0.25, 0.3) is 0 Å². The molecule has 1 aromatic carbocycles. The summed E-state index contributed by atoms with van der Waals surface area (Å²) in [7, 11) is 0. The van der Waals surface area contributed by atoms with E-state index >= 15 is 0 Å². The number of esters is 1. The van der Waals surface area contributed by atoms with Gasteiger partial charge < -0.3 is 10.5 Å². The standard InChI is InChI=1S/C13H11N3O2S2/c14-13(19)16-15-8-9-3-5-10(6-4-9)18-12(17)11-2-1-7-20-11/h1-8H,(H3,14,16,19)/b15-8+. The van der Waals surface area contributed by atoms with Crippen LogP contribution in [0.4, 0.5) is 0 Å². The van der Waals surface area contributed by atoms with Crippen LogP contribution in [0.25, 0.3) is 0 Å². The zero-order chi connectivity index (χ0) is 14.4. The number of nitrogens with two attached hydrogens (primary N) is 1. The second kappa shape index (κ2) is 6.78. The lowest BCUT2D eigenvalue weighted by molar-refractivity contribution is 0.0740. The van der Waals surface area contributed by atoms with Gasteiger partial charge in [0.1, 0.15) is 10.6 Å². The molecule has 0 aliphatic heterocycles. The molecule has 0 aliphatic rings. The summed E-state index contributed by atoms with van der Waals surface area (Å²) < 4.78 is 5.23. The van der Waals surface area contributed by atoms with Gasteiger partial charge in [0.2, 0.25) is 0 Å². The number of rotatable bonds is 4. The normalized spacial score (nSPS) is 10.4. The fourth-order valence-corrected chi connectivity index (χ4v) is 2.00. The van der Waals surface area contributed by atoms with E-state index in [0.717, 1.165) is 5.56 Å². The highest BCUT2D eigenvalue weighted by Gasteiger charge is 2.08. The average Bonchev–Trinajstić information content (AvgIpc) is 2.94. The largest absolute Gasteiger partial charge is 0.422 e. The van der Waals surface area contributed by atoms with Crippen molar-refractivity contribution < 1.29 is 9.53 Å². The number of carbonyl (C=O) groups is 1. The number of nitrogens with one attached hydrogen (secondary N) is 1. The molecule has 5 nitrogen and oxygen atoms in total. The Bertz CT molecular complexity index is 622. The van der Waals surface area contributed by atoms with Gasteiger partial charge in [-0.3, -0.25) is 5.43 Å². The van der Waals surface area contributed by atoms with Crippen LogP contribution < -0.4 is 15.9 Å². The number of nitrogens with zero attached hydrogens (tertiary/aromatic N) is 1. The highest BCUT2D eigenvalue weighted by molar-refractivity contribution is 7.80. The number of thiophene rings is 1. The number of ether oxygens (including phenoxy) is 1. The lowest BCUT2D eigenvalue weighted by Gasteiger charge is -2.02. The van der Waals surface area contributed by atoms with Gasteiger partial charge in [-0.15, -0.1) is 11.3 Å². The minimum atomic E-state index is -0.364. The Morgan fingerprint density at radius 2 is 2.10 bits per heavy atom. The minimum Gasteiger partial charge on any atom is -0.422 e. The van der Waals surface area contributed by atoms with E-state index in [9.17, 15) is 4.79 Å². The van der Waals surface area contributed by atoms with Gasteiger partial charge in [0, 0.05) is 0 Å². The predicted octanol–water partition coefficient (Wildman–Crippen LogP) is 2.13. The molecule has 102 valence electrons. The highest BCUT2D eigenvalue weighted by atomic mass is 32.1. The number of benzene rings is 1. The molecule has 0 aliphatic carbocycles. The number of carbonyl (C=O) groups excluding carboxylic acids is 1. The van der Waals surface area contributed by atoms with Crippen molar-refractivity contribution in [2.24, 2.45) is 10.8 Å². The molecule has 20 heavy (non-hydrogen) atoms. The van der Waals surface area contributed by atoms with E-state index in [4.69, 9.17) is 10.5 Å². The van der Waals surface area contributed by atoms with Gasteiger partial charge in [-0.1, -0.05) is 6.07 Å². The topological polar surface area (TPSA) is 76.7 Å². The third-order valence-corrected chi connectivity index (χ3v) is 3.14. The van der Waals surface area contributed by atoms with Gasteiger partial charge >= 0.3 is 5.97 Å². The molecule has 3 N–H and O–H groups in total. The molecule has 0 saturated heterocycles. The van der Waals surface area contributed by atoms with Crippen molar-refractivity contribution in [1.29, 1.82) is 0 Å². The highest BCUT2D eigenvalue weighted by Crippen LogP contribution is 2.16. The fourth-order valence-electron chi connectivity index (χ4n) is 1.34. The zero-order valence-corrected chi connectivity index (χ0v) is 11.9. The van der Waals surface area contributed by atoms with E-state index in [0.29, 0.717) is 10.6 Å². The molecule has 0 atom stereocenters. The quantitative estimate of drug-likeness (QED) is 0.297. The molecule has 0 saturated carbocycles. The average molecular weight is 305 g/mol. The van der Waals surface area contributed by atoms with Crippen LogP contribution in [0.2, 0.25) is 0 Å². The monoisotopic (exact) mass is 305 g/mol. The van der Waals surface area contributed by atoms with Crippen molar-refractivity contribution in [3.8, 4) is 5.75 Å². The first kappa shape index (κ1) is 14.2. The van der Waals surface area contributed by atoms with E-state index in [2.05, 4.69) is 22.7 Å². The van der Waals surface area contributed by atoms with Gasteiger partial charge in [-0.2, -0.15) is 5.10 Å². The Hall–Kier alpha value is -2.25. The Kier molecular flexibility index (Phi) is 4.80. The first-order chi connectivity index (χ1) is 9.65. The fraction of sp³-hybridized carbons (Fsp3) is 0. The van der Waals surface area contributed by atoms with E-state index in [1.54, 1.807) is 42.6 Å². The van der Waals surface area contributed by atoms with E-state index in [1.807, 2.05) is 5.38 Å².